The smallest absolute Gasteiger partial charge is 0.325 e. The van der Waals surface area contributed by atoms with Crippen molar-refractivity contribution in [2.24, 2.45) is 11.0 Å². The van der Waals surface area contributed by atoms with E-state index in [2.05, 4.69) is 5.10 Å². The molecule has 0 saturated heterocycles. The average molecular weight is 210 g/mol. The van der Waals surface area contributed by atoms with E-state index in [-0.39, 0.29) is 18.4 Å². The van der Waals surface area contributed by atoms with Crippen LogP contribution in [-0.2, 0) is 9.59 Å². The highest BCUT2D eigenvalue weighted by molar-refractivity contribution is 6.08. The molecular formula is C10H14N2O3. The van der Waals surface area contributed by atoms with Gasteiger partial charge >= 0.3 is 5.97 Å². The predicted molar refractivity (Wildman–Crippen MR) is 53.4 cm³/mol. The summed E-state index contributed by atoms with van der Waals surface area (Å²) >= 11 is 0. The molecule has 82 valence electrons. The Morgan fingerprint density at radius 1 is 1.47 bits per heavy atom. The van der Waals surface area contributed by atoms with Crippen LogP contribution in [0.25, 0.3) is 0 Å². The van der Waals surface area contributed by atoms with Crippen LogP contribution in [0.15, 0.2) is 5.10 Å². The molecule has 0 aromatic rings. The molecule has 1 N–H and O–H groups in total. The molecule has 1 heterocycles. The van der Waals surface area contributed by atoms with Gasteiger partial charge in [0, 0.05) is 0 Å². The van der Waals surface area contributed by atoms with Gasteiger partial charge in [-0.15, -0.1) is 0 Å². The molecule has 0 bridgehead atoms. The summed E-state index contributed by atoms with van der Waals surface area (Å²) < 4.78 is 0. The lowest BCUT2D eigenvalue weighted by atomic mass is 9.98. The Bertz CT molecular complexity index is 325. The summed E-state index contributed by atoms with van der Waals surface area (Å²) in [6, 6.07) is 0. The van der Waals surface area contributed by atoms with E-state index in [9.17, 15) is 9.59 Å². The van der Waals surface area contributed by atoms with Crippen LogP contribution in [0.3, 0.4) is 0 Å². The summed E-state index contributed by atoms with van der Waals surface area (Å²) in [4.78, 5) is 22.3. The summed E-state index contributed by atoms with van der Waals surface area (Å²) in [5.74, 6) is -1.27. The number of rotatable bonds is 2. The summed E-state index contributed by atoms with van der Waals surface area (Å²) in [6.45, 7) is -0.307. The van der Waals surface area contributed by atoms with Crippen molar-refractivity contribution in [2.75, 3.05) is 6.54 Å². The molecule has 1 unspecified atom stereocenters. The number of carboxylic acid groups (broad SMARTS) is 1. The Morgan fingerprint density at radius 2 is 2.27 bits per heavy atom. The first kappa shape index (κ1) is 10.1. The molecule has 1 fully saturated rings. The van der Waals surface area contributed by atoms with E-state index in [1.54, 1.807) is 0 Å². The zero-order valence-corrected chi connectivity index (χ0v) is 8.48. The number of hydrazone groups is 1. The standard InChI is InChI=1S/C10H14N2O3/c13-9(14)6-12-10(15)7-4-2-1-3-5-8(7)11-12/h7H,1-6H2,(H,13,14). The molecule has 1 atom stereocenters. The second-order valence-electron chi connectivity index (χ2n) is 4.03. The van der Waals surface area contributed by atoms with Gasteiger partial charge in [0.2, 0.25) is 0 Å². The number of carbonyl (C=O) groups is 2. The van der Waals surface area contributed by atoms with Crippen LogP contribution < -0.4 is 0 Å². The van der Waals surface area contributed by atoms with Gasteiger partial charge in [0.1, 0.15) is 6.54 Å². The van der Waals surface area contributed by atoms with Gasteiger partial charge < -0.3 is 5.11 Å². The van der Waals surface area contributed by atoms with Gasteiger partial charge in [0.15, 0.2) is 0 Å². The van der Waals surface area contributed by atoms with Crippen molar-refractivity contribution < 1.29 is 14.7 Å². The number of carbonyl (C=O) groups excluding carboxylic acids is 1. The Kier molecular flexibility index (Phi) is 2.70. The maximum atomic E-state index is 11.8. The van der Waals surface area contributed by atoms with Crippen LogP contribution in [0.1, 0.15) is 32.1 Å². The summed E-state index contributed by atoms with van der Waals surface area (Å²) in [6.07, 6.45) is 4.90. The second-order valence-corrected chi connectivity index (χ2v) is 4.03. The van der Waals surface area contributed by atoms with Crippen molar-refractivity contribution in [3.63, 3.8) is 0 Å². The number of carboxylic acids is 1. The van der Waals surface area contributed by atoms with Gasteiger partial charge in [-0.1, -0.05) is 12.8 Å². The third kappa shape index (κ3) is 2.00. The van der Waals surface area contributed by atoms with E-state index in [4.69, 9.17) is 5.11 Å². The van der Waals surface area contributed by atoms with Crippen molar-refractivity contribution in [3.05, 3.63) is 0 Å². The Labute approximate surface area is 87.8 Å². The van der Waals surface area contributed by atoms with Crippen LogP contribution in [0.2, 0.25) is 0 Å². The fourth-order valence-corrected chi connectivity index (χ4v) is 2.18. The molecule has 5 heteroatoms. The van der Waals surface area contributed by atoms with Crippen LogP contribution in [0.5, 0.6) is 0 Å². The molecule has 1 aliphatic carbocycles. The minimum atomic E-state index is -1.01. The van der Waals surface area contributed by atoms with Gasteiger partial charge in [-0.25, -0.2) is 5.01 Å². The predicted octanol–water partition coefficient (Wildman–Crippen LogP) is 0.849. The molecule has 0 aromatic carbocycles. The lowest BCUT2D eigenvalue weighted by molar-refractivity contribution is -0.144. The molecule has 2 aliphatic rings. The monoisotopic (exact) mass is 210 g/mol. The quantitative estimate of drug-likeness (QED) is 0.734. The van der Waals surface area contributed by atoms with Crippen molar-refractivity contribution >= 4 is 17.6 Å². The fraction of sp³-hybridized carbons (Fsp3) is 0.700. The highest BCUT2D eigenvalue weighted by atomic mass is 16.4. The van der Waals surface area contributed by atoms with Gasteiger partial charge in [0.25, 0.3) is 5.91 Å². The Morgan fingerprint density at radius 3 is 3.00 bits per heavy atom. The lowest BCUT2D eigenvalue weighted by Crippen LogP contribution is -2.31. The summed E-state index contributed by atoms with van der Waals surface area (Å²) in [5.41, 5.74) is 0.888. The molecule has 15 heavy (non-hydrogen) atoms. The number of aliphatic carboxylic acids is 1. The largest absolute Gasteiger partial charge is 0.480 e. The van der Waals surface area contributed by atoms with Gasteiger partial charge in [-0.05, 0) is 19.3 Å². The first-order chi connectivity index (χ1) is 7.18. The van der Waals surface area contributed by atoms with Crippen LogP contribution >= 0.6 is 0 Å². The van der Waals surface area contributed by atoms with Crippen molar-refractivity contribution in [2.45, 2.75) is 32.1 Å². The van der Waals surface area contributed by atoms with E-state index in [1.807, 2.05) is 0 Å². The highest BCUT2D eigenvalue weighted by Crippen LogP contribution is 2.27. The van der Waals surface area contributed by atoms with Crippen molar-refractivity contribution in [1.29, 1.82) is 0 Å². The minimum absolute atomic E-state index is 0.130. The zero-order chi connectivity index (χ0) is 10.8. The summed E-state index contributed by atoms with van der Waals surface area (Å²) in [5, 5.41) is 13.8. The van der Waals surface area contributed by atoms with Crippen molar-refractivity contribution in [1.82, 2.24) is 5.01 Å². The molecule has 0 aromatic heterocycles. The molecule has 0 spiro atoms. The second kappa shape index (κ2) is 4.00. The van der Waals surface area contributed by atoms with Crippen LogP contribution in [0.4, 0.5) is 0 Å². The maximum absolute atomic E-state index is 11.8. The van der Waals surface area contributed by atoms with E-state index in [1.165, 1.54) is 0 Å². The van der Waals surface area contributed by atoms with E-state index < -0.39 is 5.97 Å². The van der Waals surface area contributed by atoms with Crippen molar-refractivity contribution in [3.8, 4) is 0 Å². The number of fused-ring (bicyclic) bond motifs is 1. The first-order valence-corrected chi connectivity index (χ1v) is 5.29. The molecule has 5 nitrogen and oxygen atoms in total. The number of hydrogen-bond acceptors (Lipinski definition) is 3. The van der Waals surface area contributed by atoms with E-state index in [0.29, 0.717) is 0 Å². The van der Waals surface area contributed by atoms with E-state index >= 15 is 0 Å². The molecule has 1 aliphatic heterocycles. The third-order valence-corrected chi connectivity index (χ3v) is 2.91. The topological polar surface area (TPSA) is 70.0 Å². The fourth-order valence-electron chi connectivity index (χ4n) is 2.18. The van der Waals surface area contributed by atoms with Crippen LogP contribution in [0, 0.1) is 5.92 Å². The lowest BCUT2D eigenvalue weighted by Gasteiger charge is -2.10. The number of amides is 1. The number of nitrogens with zero attached hydrogens (tertiary/aromatic N) is 2. The summed E-state index contributed by atoms with van der Waals surface area (Å²) in [7, 11) is 0. The minimum Gasteiger partial charge on any atom is -0.480 e. The zero-order valence-electron chi connectivity index (χ0n) is 8.48. The van der Waals surface area contributed by atoms with Gasteiger partial charge in [0.05, 0.1) is 11.6 Å². The SMILES string of the molecule is O=C(O)CN1N=C2CCCCCC2C1=O. The Hall–Kier alpha value is -1.39. The highest BCUT2D eigenvalue weighted by Gasteiger charge is 2.36. The Balaban J connectivity index is 2.12. The van der Waals surface area contributed by atoms with Crippen LogP contribution in [-0.4, -0.2) is 34.2 Å². The normalized spacial score (nSPS) is 25.9. The number of hydrogen-bond donors (Lipinski definition) is 1. The molecule has 0 radical (unpaired) electrons. The molecule has 2 rings (SSSR count). The molecule has 1 amide bonds. The maximum Gasteiger partial charge on any atom is 0.325 e. The molecular weight excluding hydrogens is 196 g/mol. The first-order valence-electron chi connectivity index (χ1n) is 5.29. The van der Waals surface area contributed by atoms with Gasteiger partial charge in [-0.3, -0.25) is 9.59 Å². The van der Waals surface area contributed by atoms with E-state index in [0.717, 1.165) is 42.8 Å². The molecule has 1 saturated carbocycles. The van der Waals surface area contributed by atoms with Gasteiger partial charge in [-0.2, -0.15) is 5.10 Å². The average Bonchev–Trinajstić information content (AvgIpc) is 2.40. The third-order valence-electron chi connectivity index (χ3n) is 2.91.